The van der Waals surface area contributed by atoms with Crippen molar-refractivity contribution in [3.05, 3.63) is 10.2 Å². The lowest BCUT2D eigenvalue weighted by Crippen LogP contribution is -2.37. The zero-order valence-corrected chi connectivity index (χ0v) is 15.3. The molecule has 24 heavy (non-hydrogen) atoms. The third kappa shape index (κ3) is 4.08. The van der Waals surface area contributed by atoms with Gasteiger partial charge in [-0.15, -0.1) is 0 Å². The SMILES string of the molecule is NC(=O)c1c(Br)nn([C@H]2CCNC2)c1NCCCN1CCOCC1. The Bertz CT molecular complexity index is 567. The predicted octanol–water partition coefficient (Wildman–Crippen LogP) is 0.413. The van der Waals surface area contributed by atoms with Gasteiger partial charge in [0.05, 0.1) is 19.3 Å². The quantitative estimate of drug-likeness (QED) is 0.573. The topological polar surface area (TPSA) is 97.4 Å². The second kappa shape index (κ2) is 8.28. The van der Waals surface area contributed by atoms with E-state index in [0.717, 1.165) is 71.1 Å². The summed E-state index contributed by atoms with van der Waals surface area (Å²) in [6.45, 7) is 7.21. The lowest BCUT2D eigenvalue weighted by atomic mass is 10.2. The number of halogens is 1. The van der Waals surface area contributed by atoms with Crippen molar-refractivity contribution in [2.24, 2.45) is 5.73 Å². The highest BCUT2D eigenvalue weighted by atomic mass is 79.9. The van der Waals surface area contributed by atoms with Crippen molar-refractivity contribution in [3.8, 4) is 0 Å². The first-order valence-electron chi connectivity index (χ1n) is 8.49. The second-order valence-electron chi connectivity index (χ2n) is 6.20. The molecule has 0 aromatic carbocycles. The molecule has 0 radical (unpaired) electrons. The van der Waals surface area contributed by atoms with Crippen LogP contribution in [0.1, 0.15) is 29.2 Å². The zero-order chi connectivity index (χ0) is 16.9. The van der Waals surface area contributed by atoms with Gasteiger partial charge in [0.2, 0.25) is 0 Å². The standard InChI is InChI=1S/C15H25BrN6O2/c16-13-12(14(17)23)15(22(20-13)11-2-4-18-10-11)19-3-1-5-21-6-8-24-9-7-21/h11,18-19H,1-10H2,(H2,17,23)/t11-/m0/s1. The van der Waals surface area contributed by atoms with Gasteiger partial charge in [0.15, 0.2) is 0 Å². The number of carbonyl (C=O) groups excluding carboxylic acids is 1. The van der Waals surface area contributed by atoms with Crippen LogP contribution in [0.2, 0.25) is 0 Å². The Kier molecular flexibility index (Phi) is 6.09. The Labute approximate surface area is 150 Å². The number of primary amides is 1. The number of aromatic nitrogens is 2. The minimum atomic E-state index is -0.463. The summed E-state index contributed by atoms with van der Waals surface area (Å²) in [6, 6.07) is 0.246. The van der Waals surface area contributed by atoms with Crippen LogP contribution >= 0.6 is 15.9 Å². The number of hydrogen-bond acceptors (Lipinski definition) is 6. The van der Waals surface area contributed by atoms with Gasteiger partial charge in [-0.25, -0.2) is 4.68 Å². The van der Waals surface area contributed by atoms with Crippen LogP contribution in [-0.4, -0.2) is 73.1 Å². The molecule has 2 saturated heterocycles. The number of carbonyl (C=O) groups is 1. The van der Waals surface area contributed by atoms with Crippen molar-refractivity contribution < 1.29 is 9.53 Å². The lowest BCUT2D eigenvalue weighted by molar-refractivity contribution is 0.0378. The van der Waals surface area contributed by atoms with Gasteiger partial charge in [0.1, 0.15) is 16.0 Å². The average molecular weight is 401 g/mol. The second-order valence-corrected chi connectivity index (χ2v) is 6.96. The number of nitrogens with zero attached hydrogens (tertiary/aromatic N) is 3. The summed E-state index contributed by atoms with van der Waals surface area (Å²) < 4.78 is 7.77. The first-order valence-corrected chi connectivity index (χ1v) is 9.28. The summed E-state index contributed by atoms with van der Waals surface area (Å²) in [5, 5.41) is 11.2. The van der Waals surface area contributed by atoms with Crippen molar-refractivity contribution in [2.45, 2.75) is 18.9 Å². The van der Waals surface area contributed by atoms with Gasteiger partial charge in [-0.3, -0.25) is 9.69 Å². The molecule has 0 bridgehead atoms. The van der Waals surface area contributed by atoms with Crippen LogP contribution in [0.3, 0.4) is 0 Å². The van der Waals surface area contributed by atoms with Crippen molar-refractivity contribution in [3.63, 3.8) is 0 Å². The van der Waals surface area contributed by atoms with Crippen molar-refractivity contribution in [2.75, 3.05) is 57.8 Å². The van der Waals surface area contributed by atoms with E-state index in [1.807, 2.05) is 4.68 Å². The highest BCUT2D eigenvalue weighted by Crippen LogP contribution is 2.29. The van der Waals surface area contributed by atoms with E-state index in [2.05, 4.69) is 36.6 Å². The summed E-state index contributed by atoms with van der Waals surface area (Å²) in [6.07, 6.45) is 1.98. The summed E-state index contributed by atoms with van der Waals surface area (Å²) in [5.41, 5.74) is 5.99. The average Bonchev–Trinajstić information content (AvgIpc) is 3.20. The number of nitrogens with one attached hydrogen (secondary N) is 2. The molecule has 3 rings (SSSR count). The van der Waals surface area contributed by atoms with Crippen LogP contribution in [0.15, 0.2) is 4.60 Å². The normalized spacial score (nSPS) is 22.0. The van der Waals surface area contributed by atoms with Crippen molar-refractivity contribution in [1.29, 1.82) is 0 Å². The van der Waals surface area contributed by atoms with E-state index in [1.165, 1.54) is 0 Å². The molecule has 3 heterocycles. The molecule has 0 unspecified atom stereocenters. The smallest absolute Gasteiger partial charge is 0.255 e. The molecule has 4 N–H and O–H groups in total. The Morgan fingerprint density at radius 1 is 1.46 bits per heavy atom. The minimum Gasteiger partial charge on any atom is -0.379 e. The Hall–Kier alpha value is -1.16. The predicted molar refractivity (Wildman–Crippen MR) is 95.3 cm³/mol. The number of anilines is 1. The maximum atomic E-state index is 11.8. The van der Waals surface area contributed by atoms with E-state index in [9.17, 15) is 4.79 Å². The molecule has 2 aliphatic rings. The zero-order valence-electron chi connectivity index (χ0n) is 13.8. The molecular weight excluding hydrogens is 376 g/mol. The molecule has 1 atom stereocenters. The first-order chi connectivity index (χ1) is 11.7. The van der Waals surface area contributed by atoms with Crippen LogP contribution in [0.4, 0.5) is 5.82 Å². The van der Waals surface area contributed by atoms with Gasteiger partial charge >= 0.3 is 0 Å². The largest absolute Gasteiger partial charge is 0.379 e. The van der Waals surface area contributed by atoms with Crippen LogP contribution in [0.5, 0.6) is 0 Å². The van der Waals surface area contributed by atoms with E-state index in [0.29, 0.717) is 10.2 Å². The molecule has 1 amide bonds. The van der Waals surface area contributed by atoms with Gasteiger partial charge in [0.25, 0.3) is 5.91 Å². The molecule has 2 fully saturated rings. The summed E-state index contributed by atoms with van der Waals surface area (Å²) in [5.74, 6) is 0.264. The Morgan fingerprint density at radius 3 is 2.92 bits per heavy atom. The van der Waals surface area contributed by atoms with Gasteiger partial charge in [-0.05, 0) is 41.9 Å². The van der Waals surface area contributed by atoms with E-state index < -0.39 is 5.91 Å². The first kappa shape index (κ1) is 17.7. The minimum absolute atomic E-state index is 0.246. The number of ether oxygens (including phenoxy) is 1. The van der Waals surface area contributed by atoms with E-state index in [-0.39, 0.29) is 6.04 Å². The van der Waals surface area contributed by atoms with Gasteiger partial charge in [-0.1, -0.05) is 0 Å². The van der Waals surface area contributed by atoms with E-state index in [1.54, 1.807) is 0 Å². The third-order valence-electron chi connectivity index (χ3n) is 4.54. The molecular formula is C15H25BrN6O2. The summed E-state index contributed by atoms with van der Waals surface area (Å²) in [7, 11) is 0. The molecule has 0 aliphatic carbocycles. The molecule has 0 spiro atoms. The molecule has 1 aromatic heterocycles. The van der Waals surface area contributed by atoms with Crippen molar-refractivity contribution in [1.82, 2.24) is 20.0 Å². The number of amides is 1. The number of morpholine rings is 1. The molecule has 134 valence electrons. The van der Waals surface area contributed by atoms with Crippen LogP contribution in [-0.2, 0) is 4.74 Å². The number of hydrogen-bond donors (Lipinski definition) is 3. The van der Waals surface area contributed by atoms with E-state index >= 15 is 0 Å². The lowest BCUT2D eigenvalue weighted by Gasteiger charge is -2.26. The number of rotatable bonds is 7. The fraction of sp³-hybridized carbons (Fsp3) is 0.733. The highest BCUT2D eigenvalue weighted by molar-refractivity contribution is 9.10. The maximum Gasteiger partial charge on any atom is 0.255 e. The summed E-state index contributed by atoms with van der Waals surface area (Å²) >= 11 is 3.37. The fourth-order valence-electron chi connectivity index (χ4n) is 3.24. The molecule has 2 aliphatic heterocycles. The number of nitrogens with two attached hydrogens (primary N) is 1. The van der Waals surface area contributed by atoms with Crippen molar-refractivity contribution >= 4 is 27.7 Å². The van der Waals surface area contributed by atoms with Gasteiger partial charge in [0, 0.05) is 26.2 Å². The Morgan fingerprint density at radius 2 is 2.25 bits per heavy atom. The van der Waals surface area contributed by atoms with Crippen LogP contribution < -0.4 is 16.4 Å². The monoisotopic (exact) mass is 400 g/mol. The molecule has 1 aromatic rings. The van der Waals surface area contributed by atoms with Gasteiger partial charge in [-0.2, -0.15) is 5.10 Å². The molecule has 9 heteroatoms. The molecule has 8 nitrogen and oxygen atoms in total. The summed E-state index contributed by atoms with van der Waals surface area (Å²) in [4.78, 5) is 14.2. The van der Waals surface area contributed by atoms with E-state index in [4.69, 9.17) is 10.5 Å². The fourth-order valence-corrected chi connectivity index (χ4v) is 3.80. The van der Waals surface area contributed by atoms with Crippen LogP contribution in [0.25, 0.3) is 0 Å². The third-order valence-corrected chi connectivity index (χ3v) is 5.10. The van der Waals surface area contributed by atoms with Crippen LogP contribution in [0, 0.1) is 0 Å². The highest BCUT2D eigenvalue weighted by Gasteiger charge is 2.26. The maximum absolute atomic E-state index is 11.8. The Balaban J connectivity index is 1.62. The van der Waals surface area contributed by atoms with Gasteiger partial charge < -0.3 is 21.1 Å². The molecule has 0 saturated carbocycles.